The van der Waals surface area contributed by atoms with Gasteiger partial charge in [0.15, 0.2) is 6.61 Å². The molecule has 0 fully saturated rings. The molecule has 1 N–H and O–H groups in total. The number of aryl methyl sites for hydroxylation is 1. The fourth-order valence-corrected chi connectivity index (χ4v) is 4.99. The number of thiophene rings is 1. The Labute approximate surface area is 171 Å². The molecule has 1 aromatic carbocycles. The standard InChI is InChI=1S/C20H17ClN2O4S/c21-13-4-5-16-11(7-13)6-12(9-26-16)20(25)27-10-18(24)23-19-15(8-22)14-2-1-3-17(14)28-19/h4-5,7,12H,1-3,6,9-10H2,(H,23,24)/t12-/m0/s1. The van der Waals surface area contributed by atoms with Gasteiger partial charge in [-0.25, -0.2) is 0 Å². The third-order valence-corrected chi connectivity index (χ3v) is 6.34. The lowest BCUT2D eigenvalue weighted by molar-refractivity contribution is -0.152. The molecule has 144 valence electrons. The van der Waals surface area contributed by atoms with Gasteiger partial charge in [-0.15, -0.1) is 11.3 Å². The lowest BCUT2D eigenvalue weighted by atomic mass is 9.97. The molecule has 2 aromatic rings. The number of rotatable bonds is 4. The third-order valence-electron chi connectivity index (χ3n) is 4.89. The fourth-order valence-electron chi connectivity index (χ4n) is 3.54. The molecule has 0 unspecified atom stereocenters. The van der Waals surface area contributed by atoms with Crippen LogP contribution in [-0.4, -0.2) is 25.1 Å². The summed E-state index contributed by atoms with van der Waals surface area (Å²) < 4.78 is 10.8. The number of hydrogen-bond donors (Lipinski definition) is 1. The van der Waals surface area contributed by atoms with Gasteiger partial charge in [0.05, 0.1) is 11.5 Å². The molecule has 2 aliphatic rings. The van der Waals surface area contributed by atoms with Crippen LogP contribution in [0.2, 0.25) is 5.02 Å². The zero-order chi connectivity index (χ0) is 19.7. The first-order chi connectivity index (χ1) is 13.5. The smallest absolute Gasteiger partial charge is 0.313 e. The van der Waals surface area contributed by atoms with Crippen molar-refractivity contribution in [2.24, 2.45) is 5.92 Å². The lowest BCUT2D eigenvalue weighted by Crippen LogP contribution is -2.31. The molecule has 6 nitrogen and oxygen atoms in total. The zero-order valence-corrected chi connectivity index (χ0v) is 16.5. The van der Waals surface area contributed by atoms with Gasteiger partial charge in [-0.2, -0.15) is 5.26 Å². The molecule has 1 amide bonds. The first-order valence-electron chi connectivity index (χ1n) is 8.97. The van der Waals surface area contributed by atoms with Gasteiger partial charge in [-0.3, -0.25) is 9.59 Å². The summed E-state index contributed by atoms with van der Waals surface area (Å²) in [5.41, 5.74) is 2.42. The first-order valence-corrected chi connectivity index (χ1v) is 10.2. The monoisotopic (exact) mass is 416 g/mol. The number of benzene rings is 1. The van der Waals surface area contributed by atoms with Crippen LogP contribution in [0.25, 0.3) is 0 Å². The van der Waals surface area contributed by atoms with Gasteiger partial charge in [0.1, 0.15) is 23.4 Å². The summed E-state index contributed by atoms with van der Waals surface area (Å²) in [6.07, 6.45) is 3.30. The maximum absolute atomic E-state index is 12.3. The SMILES string of the molecule is N#Cc1c(NC(=O)COC(=O)[C@@H]2COc3ccc(Cl)cc3C2)sc2c1CCC2. The summed E-state index contributed by atoms with van der Waals surface area (Å²) in [5.74, 6) is -0.722. The van der Waals surface area contributed by atoms with Crippen LogP contribution in [-0.2, 0) is 33.6 Å². The van der Waals surface area contributed by atoms with Crippen molar-refractivity contribution in [3.05, 3.63) is 44.8 Å². The van der Waals surface area contributed by atoms with Gasteiger partial charge in [-0.05, 0) is 55.0 Å². The topological polar surface area (TPSA) is 88.4 Å². The van der Waals surface area contributed by atoms with Gasteiger partial charge in [0.25, 0.3) is 5.91 Å². The highest BCUT2D eigenvalue weighted by Gasteiger charge is 2.28. The minimum Gasteiger partial charge on any atom is -0.492 e. The van der Waals surface area contributed by atoms with E-state index in [1.54, 1.807) is 18.2 Å². The average Bonchev–Trinajstić information content (AvgIpc) is 3.26. The average molecular weight is 417 g/mol. The van der Waals surface area contributed by atoms with Crippen molar-refractivity contribution in [1.29, 1.82) is 5.26 Å². The van der Waals surface area contributed by atoms with Gasteiger partial charge >= 0.3 is 5.97 Å². The molecule has 1 aliphatic carbocycles. The summed E-state index contributed by atoms with van der Waals surface area (Å²) in [7, 11) is 0. The van der Waals surface area contributed by atoms with Crippen molar-refractivity contribution in [1.82, 2.24) is 0 Å². The van der Waals surface area contributed by atoms with Crippen molar-refractivity contribution in [2.45, 2.75) is 25.7 Å². The molecule has 0 radical (unpaired) electrons. The molecule has 4 rings (SSSR count). The number of hydrogen-bond acceptors (Lipinski definition) is 6. The number of anilines is 1. The molecule has 28 heavy (non-hydrogen) atoms. The number of amides is 1. The number of carbonyl (C=O) groups is 2. The third kappa shape index (κ3) is 3.71. The molecule has 1 atom stereocenters. The van der Waals surface area contributed by atoms with Crippen LogP contribution in [0.1, 0.15) is 28.0 Å². The van der Waals surface area contributed by atoms with Gasteiger partial charge in [-0.1, -0.05) is 11.6 Å². The van der Waals surface area contributed by atoms with E-state index in [1.165, 1.54) is 11.3 Å². The maximum atomic E-state index is 12.3. The number of fused-ring (bicyclic) bond motifs is 2. The molecular formula is C20H17ClN2O4S. The number of carbonyl (C=O) groups excluding carboxylic acids is 2. The molecular weight excluding hydrogens is 400 g/mol. The minimum absolute atomic E-state index is 0.200. The summed E-state index contributed by atoms with van der Waals surface area (Å²) in [5, 5.41) is 13.2. The first kappa shape index (κ1) is 18.8. The number of nitrogens with zero attached hydrogens (tertiary/aromatic N) is 1. The second-order valence-electron chi connectivity index (χ2n) is 6.79. The molecule has 1 aliphatic heterocycles. The van der Waals surface area contributed by atoms with Crippen molar-refractivity contribution >= 4 is 39.8 Å². The lowest BCUT2D eigenvalue weighted by Gasteiger charge is -2.24. The van der Waals surface area contributed by atoms with E-state index in [2.05, 4.69) is 11.4 Å². The normalized spacial score (nSPS) is 17.1. The highest BCUT2D eigenvalue weighted by Crippen LogP contribution is 2.38. The minimum atomic E-state index is -0.491. The van der Waals surface area contributed by atoms with Crippen molar-refractivity contribution < 1.29 is 19.1 Å². The summed E-state index contributed by atoms with van der Waals surface area (Å²) in [6.45, 7) is -0.198. The van der Waals surface area contributed by atoms with Crippen LogP contribution in [0.4, 0.5) is 5.00 Å². The van der Waals surface area contributed by atoms with E-state index in [9.17, 15) is 14.9 Å². The van der Waals surface area contributed by atoms with E-state index in [-0.39, 0.29) is 6.61 Å². The number of esters is 1. The second-order valence-corrected chi connectivity index (χ2v) is 8.33. The van der Waals surface area contributed by atoms with E-state index in [4.69, 9.17) is 21.1 Å². The predicted octanol–water partition coefficient (Wildman–Crippen LogP) is 3.49. The summed E-state index contributed by atoms with van der Waals surface area (Å²) >= 11 is 7.42. The van der Waals surface area contributed by atoms with E-state index in [1.807, 2.05) is 0 Å². The van der Waals surface area contributed by atoms with E-state index >= 15 is 0 Å². The highest BCUT2D eigenvalue weighted by molar-refractivity contribution is 7.16. The molecule has 0 bridgehead atoms. The Balaban J connectivity index is 1.33. The fraction of sp³-hybridized carbons (Fsp3) is 0.350. The Morgan fingerprint density at radius 3 is 3.07 bits per heavy atom. The summed E-state index contributed by atoms with van der Waals surface area (Å²) in [6, 6.07) is 7.45. The molecule has 2 heterocycles. The number of halogens is 1. The predicted molar refractivity (Wildman–Crippen MR) is 105 cm³/mol. The Bertz CT molecular complexity index is 995. The van der Waals surface area contributed by atoms with Crippen molar-refractivity contribution in [3.8, 4) is 11.8 Å². The van der Waals surface area contributed by atoms with Crippen LogP contribution in [0, 0.1) is 17.2 Å². The van der Waals surface area contributed by atoms with E-state index in [0.29, 0.717) is 27.8 Å². The Morgan fingerprint density at radius 2 is 2.25 bits per heavy atom. The molecule has 1 aromatic heterocycles. The van der Waals surface area contributed by atoms with Crippen LogP contribution in [0.3, 0.4) is 0 Å². The van der Waals surface area contributed by atoms with Crippen LogP contribution < -0.4 is 10.1 Å². The number of nitrogens with one attached hydrogen (secondary N) is 1. The van der Waals surface area contributed by atoms with Crippen LogP contribution in [0.5, 0.6) is 5.75 Å². The summed E-state index contributed by atoms with van der Waals surface area (Å²) in [4.78, 5) is 25.7. The van der Waals surface area contributed by atoms with Crippen LogP contribution in [0.15, 0.2) is 18.2 Å². The van der Waals surface area contributed by atoms with Gasteiger partial charge in [0, 0.05) is 9.90 Å². The van der Waals surface area contributed by atoms with Crippen LogP contribution >= 0.6 is 22.9 Å². The maximum Gasteiger partial charge on any atom is 0.313 e. The molecule has 0 saturated carbocycles. The molecule has 0 spiro atoms. The molecule has 8 heteroatoms. The second kappa shape index (κ2) is 7.82. The van der Waals surface area contributed by atoms with Crippen molar-refractivity contribution in [2.75, 3.05) is 18.5 Å². The van der Waals surface area contributed by atoms with E-state index in [0.717, 1.165) is 35.3 Å². The Kier molecular flexibility index (Phi) is 5.25. The highest BCUT2D eigenvalue weighted by atomic mass is 35.5. The quantitative estimate of drug-likeness (QED) is 0.770. The van der Waals surface area contributed by atoms with Crippen molar-refractivity contribution in [3.63, 3.8) is 0 Å². The van der Waals surface area contributed by atoms with Gasteiger partial charge in [0.2, 0.25) is 0 Å². The van der Waals surface area contributed by atoms with E-state index < -0.39 is 24.4 Å². The Hall–Kier alpha value is -2.56. The number of nitriles is 1. The molecule has 0 saturated heterocycles. The zero-order valence-electron chi connectivity index (χ0n) is 14.9. The number of ether oxygens (including phenoxy) is 2. The Morgan fingerprint density at radius 1 is 1.39 bits per heavy atom. The van der Waals surface area contributed by atoms with Gasteiger partial charge < -0.3 is 14.8 Å². The largest absolute Gasteiger partial charge is 0.492 e.